The summed E-state index contributed by atoms with van der Waals surface area (Å²) in [6, 6.07) is 0. The number of phosphoric acid groups is 2. The Hall–Kier alpha value is -2.46. The van der Waals surface area contributed by atoms with Gasteiger partial charge in [0.15, 0.2) is 12.2 Å². The van der Waals surface area contributed by atoms with Gasteiger partial charge < -0.3 is 33.8 Å². The molecule has 0 radical (unpaired) electrons. The predicted molar refractivity (Wildman–Crippen MR) is 395 cm³/mol. The molecule has 0 saturated carbocycles. The van der Waals surface area contributed by atoms with Gasteiger partial charge in [-0.05, 0) is 69.1 Å². The second kappa shape index (κ2) is 68.0. The van der Waals surface area contributed by atoms with Gasteiger partial charge in [0.05, 0.1) is 26.4 Å². The highest BCUT2D eigenvalue weighted by molar-refractivity contribution is 7.47. The molecule has 3 unspecified atom stereocenters. The Morgan fingerprint density at radius 2 is 0.608 bits per heavy atom. The molecule has 0 aliphatic heterocycles. The van der Waals surface area contributed by atoms with Crippen molar-refractivity contribution >= 4 is 39.5 Å². The predicted octanol–water partition coefficient (Wildman–Crippen LogP) is 22.5. The summed E-state index contributed by atoms with van der Waals surface area (Å²) in [4.78, 5) is 72.8. The van der Waals surface area contributed by atoms with E-state index in [0.717, 1.165) is 127 Å². The minimum Gasteiger partial charge on any atom is -0.462 e. The van der Waals surface area contributed by atoms with Crippen LogP contribution in [-0.4, -0.2) is 96.7 Å². The monoisotopic (exact) mass is 1420 g/mol. The smallest absolute Gasteiger partial charge is 0.462 e. The topological polar surface area (TPSA) is 237 Å². The number of phosphoric ester groups is 2. The van der Waals surface area contributed by atoms with Gasteiger partial charge in [0.25, 0.3) is 0 Å². The fraction of sp³-hybridized carbons (Fsp3) is 0.897. The zero-order valence-electron chi connectivity index (χ0n) is 63.0. The number of esters is 4. The van der Waals surface area contributed by atoms with Crippen LogP contribution in [0.15, 0.2) is 24.3 Å². The summed E-state index contributed by atoms with van der Waals surface area (Å²) in [6.07, 6.45) is 57.8. The molecule has 0 aliphatic rings. The molecule has 0 aromatic rings. The molecule has 0 saturated heterocycles. The summed E-state index contributed by atoms with van der Waals surface area (Å²) >= 11 is 0. The maximum absolute atomic E-state index is 13.1. The van der Waals surface area contributed by atoms with Crippen LogP contribution in [0.2, 0.25) is 0 Å². The normalized spacial score (nSPS) is 14.5. The van der Waals surface area contributed by atoms with Crippen molar-refractivity contribution in [2.45, 2.75) is 394 Å². The number of aliphatic hydroxyl groups excluding tert-OH is 1. The molecule has 0 aromatic heterocycles. The standard InChI is InChI=1S/C78H148O17P2/c1-8-10-11-12-13-14-15-16-19-23-26-32-37-45-52-59-75(80)88-65-73(94-77(82)61-54-47-38-33-27-24-21-18-17-20-22-25-30-35-42-49-56-69(3)4)67-92-96(84,85)90-63-72(79)64-91-97(86,87)93-68-74(66-89-76(81)60-53-46-41-40-43-50-57-70(5)6)95-78(83)62-55-48-39-34-29-28-31-36-44-51-58-71(7)9-2/h14-16,19,69-74,79H,8-13,17-18,20-68H2,1-7H3,(H,84,85)(H,86,87)/b15-14-,19-16-/t71?,72-,73-,74-/m1/s1. The van der Waals surface area contributed by atoms with Crippen molar-refractivity contribution in [3.63, 3.8) is 0 Å². The van der Waals surface area contributed by atoms with Gasteiger partial charge in [-0.2, -0.15) is 0 Å². The number of rotatable bonds is 74. The van der Waals surface area contributed by atoms with Gasteiger partial charge >= 0.3 is 39.5 Å². The lowest BCUT2D eigenvalue weighted by molar-refractivity contribution is -0.161. The second-order valence-electron chi connectivity index (χ2n) is 28.6. The number of allylic oxidation sites excluding steroid dienone is 4. The first kappa shape index (κ1) is 94.5. The minimum absolute atomic E-state index is 0.101. The highest BCUT2D eigenvalue weighted by Gasteiger charge is 2.30. The fourth-order valence-corrected chi connectivity index (χ4v) is 13.0. The number of hydrogen-bond acceptors (Lipinski definition) is 15. The molecule has 0 bridgehead atoms. The molecule has 572 valence electrons. The Balaban J connectivity index is 5.27. The molecule has 3 N–H and O–H groups in total. The Morgan fingerprint density at radius 1 is 0.340 bits per heavy atom. The lowest BCUT2D eigenvalue weighted by atomic mass is 9.99. The zero-order valence-corrected chi connectivity index (χ0v) is 64.8. The van der Waals surface area contributed by atoms with Crippen molar-refractivity contribution in [2.75, 3.05) is 39.6 Å². The first-order valence-electron chi connectivity index (χ1n) is 39.7. The molecule has 6 atom stereocenters. The van der Waals surface area contributed by atoms with Crippen LogP contribution in [0.5, 0.6) is 0 Å². The van der Waals surface area contributed by atoms with Gasteiger partial charge in [-0.1, -0.05) is 323 Å². The summed E-state index contributed by atoms with van der Waals surface area (Å²) in [5, 5.41) is 10.6. The van der Waals surface area contributed by atoms with Gasteiger partial charge in [-0.15, -0.1) is 0 Å². The van der Waals surface area contributed by atoms with E-state index in [2.05, 4.69) is 72.8 Å². The zero-order chi connectivity index (χ0) is 71.6. The summed E-state index contributed by atoms with van der Waals surface area (Å²) in [5.74, 6) is 0.139. The molecule has 19 heteroatoms. The Labute approximate surface area is 592 Å². The van der Waals surface area contributed by atoms with Crippen LogP contribution in [0.3, 0.4) is 0 Å². The molecule has 0 amide bonds. The average Bonchev–Trinajstić information content (AvgIpc) is 1.13. The average molecular weight is 1420 g/mol. The van der Waals surface area contributed by atoms with Crippen molar-refractivity contribution in [1.82, 2.24) is 0 Å². The van der Waals surface area contributed by atoms with E-state index in [1.807, 2.05) is 0 Å². The molecule has 97 heavy (non-hydrogen) atoms. The quantitative estimate of drug-likeness (QED) is 0.0169. The Kier molecular flexibility index (Phi) is 66.3. The molecule has 17 nitrogen and oxygen atoms in total. The molecule has 0 spiro atoms. The van der Waals surface area contributed by atoms with E-state index < -0.39 is 97.5 Å². The minimum atomic E-state index is -4.97. The summed E-state index contributed by atoms with van der Waals surface area (Å²) in [7, 11) is -9.93. The Morgan fingerprint density at radius 3 is 0.918 bits per heavy atom. The van der Waals surface area contributed by atoms with E-state index in [1.54, 1.807) is 0 Å². The van der Waals surface area contributed by atoms with E-state index in [1.165, 1.54) is 161 Å². The van der Waals surface area contributed by atoms with Crippen molar-refractivity contribution in [2.24, 2.45) is 17.8 Å². The number of carbonyl (C=O) groups is 4. The molecule has 0 rings (SSSR count). The van der Waals surface area contributed by atoms with Crippen molar-refractivity contribution < 1.29 is 80.2 Å². The molecule has 0 fully saturated rings. The Bertz CT molecular complexity index is 1980. The lowest BCUT2D eigenvalue weighted by Gasteiger charge is -2.21. The molecule has 0 aliphatic carbocycles. The van der Waals surface area contributed by atoms with Gasteiger partial charge in [-0.25, -0.2) is 9.13 Å². The highest BCUT2D eigenvalue weighted by atomic mass is 31.2. The highest BCUT2D eigenvalue weighted by Crippen LogP contribution is 2.45. The van der Waals surface area contributed by atoms with Crippen LogP contribution in [0.25, 0.3) is 0 Å². The third-order valence-corrected chi connectivity index (χ3v) is 19.8. The van der Waals surface area contributed by atoms with Crippen molar-refractivity contribution in [3.8, 4) is 0 Å². The van der Waals surface area contributed by atoms with E-state index in [9.17, 15) is 43.2 Å². The van der Waals surface area contributed by atoms with Gasteiger partial charge in [0, 0.05) is 25.7 Å². The summed E-state index contributed by atoms with van der Waals surface area (Å²) in [5.41, 5.74) is 0. The third kappa shape index (κ3) is 70.4. The fourth-order valence-electron chi connectivity index (χ4n) is 11.4. The van der Waals surface area contributed by atoms with Crippen LogP contribution < -0.4 is 0 Å². The number of aliphatic hydroxyl groups is 1. The largest absolute Gasteiger partial charge is 0.472 e. The van der Waals surface area contributed by atoms with Crippen LogP contribution >= 0.6 is 15.6 Å². The number of carbonyl (C=O) groups excluding carboxylic acids is 4. The third-order valence-electron chi connectivity index (χ3n) is 17.9. The van der Waals surface area contributed by atoms with Crippen LogP contribution in [0.1, 0.15) is 376 Å². The van der Waals surface area contributed by atoms with Crippen LogP contribution in [0.4, 0.5) is 0 Å². The number of hydrogen-bond donors (Lipinski definition) is 3. The van der Waals surface area contributed by atoms with Gasteiger partial charge in [0.2, 0.25) is 0 Å². The SMILES string of the molecule is CCCCCC/C=C\C=C/CCCCCCCC(=O)OC[C@H](COP(=O)(O)OC[C@@H](O)COP(=O)(O)OC[C@@H](COC(=O)CCCCCCCCC(C)C)OC(=O)CCCCCCCCCCCCC(C)CC)OC(=O)CCCCCCCCCCCCCCCCCCC(C)C. The van der Waals surface area contributed by atoms with Crippen molar-refractivity contribution in [3.05, 3.63) is 24.3 Å². The van der Waals surface area contributed by atoms with Gasteiger partial charge in [0.1, 0.15) is 19.3 Å². The van der Waals surface area contributed by atoms with E-state index >= 15 is 0 Å². The number of unbranched alkanes of at least 4 members (excludes halogenated alkanes) is 38. The van der Waals surface area contributed by atoms with Gasteiger partial charge in [-0.3, -0.25) is 37.3 Å². The maximum atomic E-state index is 13.1. The van der Waals surface area contributed by atoms with Crippen LogP contribution in [0, 0.1) is 17.8 Å². The van der Waals surface area contributed by atoms with Crippen molar-refractivity contribution in [1.29, 1.82) is 0 Å². The molecule has 0 aromatic carbocycles. The van der Waals surface area contributed by atoms with E-state index in [-0.39, 0.29) is 25.7 Å². The second-order valence-corrected chi connectivity index (χ2v) is 31.5. The maximum Gasteiger partial charge on any atom is 0.472 e. The van der Waals surface area contributed by atoms with Crippen LogP contribution in [-0.2, 0) is 65.4 Å². The lowest BCUT2D eigenvalue weighted by Crippen LogP contribution is -2.30. The summed E-state index contributed by atoms with van der Waals surface area (Å²) in [6.45, 7) is 11.8. The molecule has 0 heterocycles. The molecular formula is C78H148O17P2. The first-order chi connectivity index (χ1) is 46.8. The first-order valence-corrected chi connectivity index (χ1v) is 42.7. The van der Waals surface area contributed by atoms with E-state index in [4.69, 9.17) is 37.0 Å². The number of ether oxygens (including phenoxy) is 4. The summed E-state index contributed by atoms with van der Waals surface area (Å²) < 4.78 is 68.5. The van der Waals surface area contributed by atoms with E-state index in [0.29, 0.717) is 31.6 Å². The molecular weight excluding hydrogens is 1270 g/mol.